The van der Waals surface area contributed by atoms with Crippen molar-refractivity contribution in [2.75, 3.05) is 13.1 Å². The molecular formula is C31H37ClF2N5O8-. The zero-order valence-corrected chi connectivity index (χ0v) is 26.8. The summed E-state index contributed by atoms with van der Waals surface area (Å²) in [6.45, 7) is 4.16. The monoisotopic (exact) mass is 680 g/mol. The van der Waals surface area contributed by atoms with Crippen LogP contribution in [0.3, 0.4) is 0 Å². The summed E-state index contributed by atoms with van der Waals surface area (Å²) >= 11 is 5.53. The Bertz CT molecular complexity index is 1430. The number of halogens is 3. The lowest BCUT2D eigenvalue weighted by molar-refractivity contribution is -0.315. The van der Waals surface area contributed by atoms with Crippen LogP contribution < -0.4 is 26.2 Å². The van der Waals surface area contributed by atoms with Gasteiger partial charge >= 0.3 is 12.7 Å². The molecule has 0 unspecified atom stereocenters. The van der Waals surface area contributed by atoms with Crippen molar-refractivity contribution in [3.63, 3.8) is 0 Å². The lowest BCUT2D eigenvalue weighted by Gasteiger charge is -2.40. The predicted octanol–water partition coefficient (Wildman–Crippen LogP) is 2.13. The van der Waals surface area contributed by atoms with Crippen molar-refractivity contribution in [1.82, 2.24) is 15.5 Å². The second-order valence-corrected chi connectivity index (χ2v) is 11.8. The minimum atomic E-state index is -3.06. The van der Waals surface area contributed by atoms with Gasteiger partial charge in [-0.25, -0.2) is 4.79 Å². The molecule has 5 N–H and O–H groups in total. The van der Waals surface area contributed by atoms with Crippen molar-refractivity contribution in [3.05, 3.63) is 64.2 Å². The Hall–Kier alpha value is -4.52. The van der Waals surface area contributed by atoms with Crippen LogP contribution in [0.25, 0.3) is 0 Å². The maximum atomic E-state index is 12.2. The average Bonchev–Trinajstić information content (AvgIpc) is 3.50. The third kappa shape index (κ3) is 13.4. The molecule has 3 atom stereocenters. The number of alkyl halides is 2. The molecule has 2 aromatic rings. The van der Waals surface area contributed by atoms with Gasteiger partial charge in [-0.2, -0.15) is 14.0 Å². The number of aliphatic hydroxyl groups excluding tert-OH is 1. The van der Waals surface area contributed by atoms with Gasteiger partial charge in [-0.05, 0) is 88.0 Å². The van der Waals surface area contributed by atoms with E-state index in [4.69, 9.17) is 32.4 Å². The first-order chi connectivity index (χ1) is 22.0. The number of aliphatic hydroxyl groups is 1. The third-order valence-electron chi connectivity index (χ3n) is 6.56. The fraction of sp³-hybridized carbons (Fsp3) is 0.452. The molecule has 2 aromatic carbocycles. The third-order valence-corrected chi connectivity index (χ3v) is 6.78. The number of benzene rings is 2. The minimum absolute atomic E-state index is 0.0338. The average molecular weight is 681 g/mol. The number of nitriles is 1. The van der Waals surface area contributed by atoms with Gasteiger partial charge in [-0.3, -0.25) is 14.5 Å². The van der Waals surface area contributed by atoms with E-state index in [1.54, 1.807) is 45.0 Å². The van der Waals surface area contributed by atoms with Crippen LogP contribution >= 0.6 is 11.6 Å². The van der Waals surface area contributed by atoms with E-state index < -0.39 is 36.4 Å². The molecule has 0 saturated carbocycles. The molecular weight excluding hydrogens is 644 g/mol. The number of carboxylic acid groups (broad SMARTS) is 1. The van der Waals surface area contributed by atoms with Crippen LogP contribution in [-0.4, -0.2) is 71.3 Å². The lowest BCUT2D eigenvalue weighted by atomic mass is 10.0. The number of aliphatic carboxylic acids is 1. The molecule has 3 amide bonds. The molecule has 256 valence electrons. The number of amides is 3. The molecule has 0 radical (unpaired) electrons. The van der Waals surface area contributed by atoms with E-state index in [0.29, 0.717) is 25.1 Å². The summed E-state index contributed by atoms with van der Waals surface area (Å²) in [6.07, 6.45) is 0.225. The molecule has 2 aliphatic rings. The number of primary amides is 1. The van der Waals surface area contributed by atoms with Crippen molar-refractivity contribution in [2.45, 2.75) is 77.0 Å². The zero-order chi connectivity index (χ0) is 35.3. The molecule has 16 heteroatoms. The first-order valence-electron chi connectivity index (χ1n) is 14.4. The van der Waals surface area contributed by atoms with Crippen molar-refractivity contribution in [3.8, 4) is 11.8 Å². The Morgan fingerprint density at radius 1 is 1.19 bits per heavy atom. The maximum absolute atomic E-state index is 12.2. The molecule has 2 fully saturated rings. The number of carbonyl (C=O) groups is 4. The highest BCUT2D eigenvalue weighted by Gasteiger charge is 2.39. The Kier molecular flexibility index (Phi) is 14.8. The highest BCUT2D eigenvalue weighted by atomic mass is 35.5. The molecule has 2 heterocycles. The highest BCUT2D eigenvalue weighted by molar-refractivity contribution is 6.30. The molecule has 2 saturated heterocycles. The fourth-order valence-electron chi connectivity index (χ4n) is 4.18. The van der Waals surface area contributed by atoms with Gasteiger partial charge in [0.2, 0.25) is 11.8 Å². The van der Waals surface area contributed by atoms with Crippen molar-refractivity contribution in [2.24, 2.45) is 5.73 Å². The number of carbonyl (C=O) groups excluding carboxylic acids is 4. The van der Waals surface area contributed by atoms with Crippen LogP contribution in [0.4, 0.5) is 13.6 Å². The highest BCUT2D eigenvalue weighted by Crippen LogP contribution is 2.26. The standard InChI is InChI=1S/C17H21N3O3.C9H7ClF2O4.C5H10N2O/c1-17(2,3)23-16(22)20-9-8-14(20)15(21)19-11-13-6-4-12(10-18)5-7-13;10-5-1-4(7(13)8(14)15)2-6(3-5)16-9(11)12;6-5(8)4-2-1-3-7-4/h4-7,14H,8-9,11H2,1-3H3,(H,19,21);1-3,7,9,13H,(H,14,15);4,7H,1-3H2,(H2,6,8)/p-1/t14-;7-;4-/m011/s1. The van der Waals surface area contributed by atoms with Crippen LogP contribution in [0.2, 0.25) is 5.02 Å². The van der Waals surface area contributed by atoms with Crippen LogP contribution in [0.1, 0.15) is 62.8 Å². The Morgan fingerprint density at radius 2 is 1.85 bits per heavy atom. The first-order valence-corrected chi connectivity index (χ1v) is 14.8. The van der Waals surface area contributed by atoms with Gasteiger partial charge in [-0.15, -0.1) is 0 Å². The van der Waals surface area contributed by atoms with E-state index in [2.05, 4.69) is 15.4 Å². The molecule has 0 aromatic heterocycles. The lowest BCUT2D eigenvalue weighted by Crippen LogP contribution is -2.59. The first kappa shape index (κ1) is 38.7. The normalized spacial score (nSPS) is 17.4. The number of ether oxygens (including phenoxy) is 2. The number of rotatable bonds is 8. The summed E-state index contributed by atoms with van der Waals surface area (Å²) in [5.74, 6) is -2.50. The summed E-state index contributed by atoms with van der Waals surface area (Å²) in [4.78, 5) is 46.3. The second kappa shape index (κ2) is 18.0. The number of carboxylic acids is 1. The molecule has 2 aliphatic heterocycles. The van der Waals surface area contributed by atoms with E-state index in [0.717, 1.165) is 43.1 Å². The largest absolute Gasteiger partial charge is 0.547 e. The smallest absolute Gasteiger partial charge is 0.410 e. The van der Waals surface area contributed by atoms with E-state index >= 15 is 0 Å². The van der Waals surface area contributed by atoms with Gasteiger partial charge in [0.05, 0.1) is 23.6 Å². The molecule has 0 bridgehead atoms. The van der Waals surface area contributed by atoms with Crippen LogP contribution in [0.15, 0.2) is 42.5 Å². The summed E-state index contributed by atoms with van der Waals surface area (Å²) < 4.78 is 33.1. The van der Waals surface area contributed by atoms with Gasteiger partial charge in [0.25, 0.3) is 0 Å². The Morgan fingerprint density at radius 3 is 2.30 bits per heavy atom. The van der Waals surface area contributed by atoms with Crippen LogP contribution in [-0.2, 0) is 25.7 Å². The molecule has 0 spiro atoms. The summed E-state index contributed by atoms with van der Waals surface area (Å²) in [6, 6.07) is 11.7. The Labute approximate surface area is 275 Å². The van der Waals surface area contributed by atoms with E-state index in [9.17, 15) is 33.1 Å². The second-order valence-electron chi connectivity index (χ2n) is 11.4. The molecule has 13 nitrogen and oxygen atoms in total. The van der Waals surface area contributed by atoms with Crippen LogP contribution in [0.5, 0.6) is 5.75 Å². The van der Waals surface area contributed by atoms with Gasteiger partial charge in [-0.1, -0.05) is 23.7 Å². The maximum Gasteiger partial charge on any atom is 0.410 e. The number of nitrogens with two attached hydrogens (primary N) is 1. The Balaban J connectivity index is 0.000000275. The molecule has 47 heavy (non-hydrogen) atoms. The summed E-state index contributed by atoms with van der Waals surface area (Å²) in [7, 11) is 0. The van der Waals surface area contributed by atoms with E-state index in [1.807, 2.05) is 6.07 Å². The van der Waals surface area contributed by atoms with Gasteiger partial charge < -0.3 is 40.8 Å². The van der Waals surface area contributed by atoms with Crippen molar-refractivity contribution in [1.29, 1.82) is 5.26 Å². The molecule has 0 aliphatic carbocycles. The minimum Gasteiger partial charge on any atom is -0.547 e. The van der Waals surface area contributed by atoms with Gasteiger partial charge in [0.15, 0.2) is 0 Å². The molecule has 4 rings (SSSR count). The summed E-state index contributed by atoms with van der Waals surface area (Å²) in [5.41, 5.74) is 5.71. The van der Waals surface area contributed by atoms with Gasteiger partial charge in [0, 0.05) is 18.1 Å². The summed E-state index contributed by atoms with van der Waals surface area (Å²) in [5, 5.41) is 34.0. The van der Waals surface area contributed by atoms with Gasteiger partial charge in [0.1, 0.15) is 23.5 Å². The van der Waals surface area contributed by atoms with E-state index in [-0.39, 0.29) is 34.2 Å². The van der Waals surface area contributed by atoms with Crippen LogP contribution in [0, 0.1) is 11.3 Å². The number of nitrogens with zero attached hydrogens (tertiary/aromatic N) is 2. The predicted molar refractivity (Wildman–Crippen MR) is 163 cm³/mol. The zero-order valence-electron chi connectivity index (χ0n) is 26.0. The number of nitrogens with one attached hydrogen (secondary N) is 2. The topological polar surface area (TPSA) is 207 Å². The quantitative estimate of drug-likeness (QED) is 0.319. The van der Waals surface area contributed by atoms with Crippen molar-refractivity contribution >= 4 is 35.5 Å². The fourth-order valence-corrected chi connectivity index (χ4v) is 4.41. The number of hydrogen-bond acceptors (Lipinski definition) is 10. The van der Waals surface area contributed by atoms with E-state index in [1.165, 1.54) is 4.90 Å². The van der Waals surface area contributed by atoms with Crippen molar-refractivity contribution < 1.29 is 47.6 Å². The number of likely N-dealkylation sites (tertiary alicyclic amines) is 1. The number of hydrogen-bond donors (Lipinski definition) is 4. The SMILES string of the molecule is CC(C)(C)OC(=O)N1CC[C@H]1C(=O)NCc1ccc(C#N)cc1.NC(=O)[C@H]1CCCN1.O=C([O-])[C@H](O)c1cc(Cl)cc(OC(F)F)c1.